The van der Waals surface area contributed by atoms with Crippen molar-refractivity contribution in [2.24, 2.45) is 0 Å². The molecule has 0 saturated carbocycles. The molecule has 34 heavy (non-hydrogen) atoms. The molecular formula is C28H24N2O2S2. The molecule has 0 spiro atoms. The van der Waals surface area contributed by atoms with E-state index in [0.29, 0.717) is 21.7 Å². The number of nitriles is 1. The summed E-state index contributed by atoms with van der Waals surface area (Å²) in [6.07, 6.45) is 0. The Balaban J connectivity index is 1.57. The largest absolute Gasteiger partial charge is 0.353 e. The maximum absolute atomic E-state index is 12.9. The Bertz CT molecular complexity index is 1340. The first-order valence-electron chi connectivity index (χ1n) is 10.9. The molecule has 0 fully saturated rings. The van der Waals surface area contributed by atoms with Crippen LogP contribution in [0.15, 0.2) is 87.9 Å². The van der Waals surface area contributed by atoms with Gasteiger partial charge in [-0.1, -0.05) is 66.4 Å². The molecule has 1 aliphatic rings. The van der Waals surface area contributed by atoms with Gasteiger partial charge in [0.05, 0.1) is 28.3 Å². The fraction of sp³-hybridized carbons (Fsp3) is 0.179. The van der Waals surface area contributed by atoms with E-state index in [1.54, 1.807) is 11.3 Å². The zero-order chi connectivity index (χ0) is 24.2. The molecule has 170 valence electrons. The Kier molecular flexibility index (Phi) is 7.16. The van der Waals surface area contributed by atoms with Crippen molar-refractivity contribution >= 4 is 34.7 Å². The number of nitrogens with one attached hydrogen (secondary N) is 1. The number of hydrogen-bond acceptors (Lipinski definition) is 6. The van der Waals surface area contributed by atoms with Crippen molar-refractivity contribution in [1.82, 2.24) is 5.32 Å². The minimum Gasteiger partial charge on any atom is -0.353 e. The predicted molar refractivity (Wildman–Crippen MR) is 140 cm³/mol. The van der Waals surface area contributed by atoms with Crippen LogP contribution < -0.4 is 5.32 Å². The molecule has 0 saturated heterocycles. The van der Waals surface area contributed by atoms with Crippen LogP contribution in [-0.4, -0.2) is 17.3 Å². The topological polar surface area (TPSA) is 70.0 Å². The zero-order valence-electron chi connectivity index (χ0n) is 19.2. The molecule has 2 aromatic carbocycles. The lowest BCUT2D eigenvalue weighted by molar-refractivity contribution is -0.113. The molecule has 4 nitrogen and oxygen atoms in total. The molecule has 0 amide bonds. The quantitative estimate of drug-likeness (QED) is 0.381. The van der Waals surface area contributed by atoms with Gasteiger partial charge in [-0.25, -0.2) is 0 Å². The van der Waals surface area contributed by atoms with Gasteiger partial charge in [-0.05, 0) is 48.9 Å². The number of thioether (sulfide) groups is 1. The van der Waals surface area contributed by atoms with E-state index in [1.165, 1.54) is 18.7 Å². The normalized spacial score (nSPS) is 15.6. The summed E-state index contributed by atoms with van der Waals surface area (Å²) in [5.41, 5.74) is 5.66. The summed E-state index contributed by atoms with van der Waals surface area (Å²) in [4.78, 5) is 26.4. The summed E-state index contributed by atoms with van der Waals surface area (Å²) in [5, 5.41) is 15.9. The number of allylic oxidation sites excluding steroid dienone is 3. The number of hydrogen-bond donors (Lipinski definition) is 1. The summed E-state index contributed by atoms with van der Waals surface area (Å²) < 4.78 is 0. The summed E-state index contributed by atoms with van der Waals surface area (Å²) in [7, 11) is 0. The van der Waals surface area contributed by atoms with Gasteiger partial charge in [0.15, 0.2) is 11.6 Å². The van der Waals surface area contributed by atoms with Crippen molar-refractivity contribution < 1.29 is 9.59 Å². The van der Waals surface area contributed by atoms with E-state index in [4.69, 9.17) is 0 Å². The molecule has 1 aliphatic heterocycles. The lowest BCUT2D eigenvalue weighted by Gasteiger charge is -2.29. The Hall–Kier alpha value is -3.40. The van der Waals surface area contributed by atoms with Crippen LogP contribution in [0.4, 0.5) is 0 Å². The monoisotopic (exact) mass is 484 g/mol. The van der Waals surface area contributed by atoms with Gasteiger partial charge in [0.25, 0.3) is 0 Å². The van der Waals surface area contributed by atoms with Gasteiger partial charge in [0.1, 0.15) is 0 Å². The zero-order valence-corrected chi connectivity index (χ0v) is 20.8. The number of thiophene rings is 1. The van der Waals surface area contributed by atoms with Crippen LogP contribution in [0.3, 0.4) is 0 Å². The Morgan fingerprint density at radius 1 is 1.03 bits per heavy atom. The number of aryl methyl sites for hydroxylation is 1. The van der Waals surface area contributed by atoms with Crippen molar-refractivity contribution in [3.63, 3.8) is 0 Å². The molecule has 6 heteroatoms. The van der Waals surface area contributed by atoms with Crippen molar-refractivity contribution in [2.45, 2.75) is 26.7 Å². The van der Waals surface area contributed by atoms with Gasteiger partial charge in [0, 0.05) is 21.7 Å². The van der Waals surface area contributed by atoms with E-state index < -0.39 is 5.92 Å². The second kappa shape index (κ2) is 10.3. The van der Waals surface area contributed by atoms with Gasteiger partial charge in [-0.3, -0.25) is 9.59 Å². The molecule has 4 rings (SSSR count). The number of carbonyl (C=O) groups excluding carboxylic acids is 2. The van der Waals surface area contributed by atoms with Crippen molar-refractivity contribution in [3.8, 4) is 17.2 Å². The molecule has 1 atom stereocenters. The second-order valence-electron chi connectivity index (χ2n) is 8.13. The number of rotatable bonds is 7. The highest BCUT2D eigenvalue weighted by molar-refractivity contribution is 8.03. The van der Waals surface area contributed by atoms with Gasteiger partial charge in [-0.2, -0.15) is 5.26 Å². The first-order chi connectivity index (χ1) is 16.4. The molecule has 1 aromatic heterocycles. The standard InChI is InChI=1S/C28H24N2O2S2/c1-17-13-14-33-27(17)26-23(15-29)28(30-18(2)25(26)19(3)31)34-16-24(32)22-11-9-21(10-12-22)20-7-5-4-6-8-20/h4-14,26,30H,16H2,1-3H3/t26-/m1/s1. The van der Waals surface area contributed by atoms with E-state index in [9.17, 15) is 14.9 Å². The van der Waals surface area contributed by atoms with Crippen LogP contribution in [0.5, 0.6) is 0 Å². The number of carbonyl (C=O) groups is 2. The fourth-order valence-corrected chi connectivity index (χ4v) is 6.17. The van der Waals surface area contributed by atoms with Crippen LogP contribution in [0.25, 0.3) is 11.1 Å². The van der Waals surface area contributed by atoms with Gasteiger partial charge < -0.3 is 5.32 Å². The average molecular weight is 485 g/mol. The van der Waals surface area contributed by atoms with E-state index in [1.807, 2.05) is 79.9 Å². The average Bonchev–Trinajstić information content (AvgIpc) is 3.27. The molecule has 0 aliphatic carbocycles. The third kappa shape index (κ3) is 4.77. The van der Waals surface area contributed by atoms with E-state index in [0.717, 1.165) is 27.3 Å². The van der Waals surface area contributed by atoms with Crippen molar-refractivity contribution in [1.29, 1.82) is 5.26 Å². The molecule has 0 radical (unpaired) electrons. The SMILES string of the molecule is CC(=O)C1=C(C)NC(SCC(=O)c2ccc(-c3ccccc3)cc2)=C(C#N)[C@H]1c1sccc1C. The van der Waals surface area contributed by atoms with Crippen LogP contribution in [0, 0.1) is 18.3 Å². The van der Waals surface area contributed by atoms with Gasteiger partial charge in [0.2, 0.25) is 0 Å². The number of Topliss-reactive ketones (excluding diaryl/α,β-unsaturated/α-hetero) is 2. The molecule has 3 aromatic rings. The van der Waals surface area contributed by atoms with Crippen LogP contribution in [0.1, 0.15) is 40.6 Å². The predicted octanol–water partition coefficient (Wildman–Crippen LogP) is 6.62. The molecule has 0 bridgehead atoms. The first-order valence-corrected chi connectivity index (χ1v) is 12.8. The fourth-order valence-electron chi connectivity index (χ4n) is 4.14. The highest BCUT2D eigenvalue weighted by Gasteiger charge is 2.34. The first kappa shape index (κ1) is 23.7. The highest BCUT2D eigenvalue weighted by atomic mass is 32.2. The Morgan fingerprint density at radius 3 is 2.29 bits per heavy atom. The van der Waals surface area contributed by atoms with E-state index >= 15 is 0 Å². The minimum absolute atomic E-state index is 0.0148. The smallest absolute Gasteiger partial charge is 0.173 e. The second-order valence-corrected chi connectivity index (χ2v) is 10.1. The van der Waals surface area contributed by atoms with Crippen LogP contribution in [-0.2, 0) is 4.79 Å². The Labute approximate surface area is 208 Å². The number of ketones is 2. The minimum atomic E-state index is -0.411. The lowest BCUT2D eigenvalue weighted by Crippen LogP contribution is -2.27. The van der Waals surface area contributed by atoms with Gasteiger partial charge >= 0.3 is 0 Å². The van der Waals surface area contributed by atoms with Crippen molar-refractivity contribution in [2.75, 3.05) is 5.75 Å². The number of benzene rings is 2. The highest BCUT2D eigenvalue weighted by Crippen LogP contribution is 2.43. The van der Waals surface area contributed by atoms with E-state index in [-0.39, 0.29) is 17.3 Å². The summed E-state index contributed by atoms with van der Waals surface area (Å²) in [6, 6.07) is 21.9. The summed E-state index contributed by atoms with van der Waals surface area (Å²) >= 11 is 2.86. The molecule has 2 heterocycles. The van der Waals surface area contributed by atoms with E-state index in [2.05, 4.69) is 11.4 Å². The molecule has 0 unspecified atom stereocenters. The maximum atomic E-state index is 12.9. The molecule has 1 N–H and O–H groups in total. The molecular weight excluding hydrogens is 460 g/mol. The number of nitrogens with zero attached hydrogens (tertiary/aromatic N) is 1. The summed E-state index contributed by atoms with van der Waals surface area (Å²) in [6.45, 7) is 5.38. The van der Waals surface area contributed by atoms with Crippen LogP contribution in [0.2, 0.25) is 0 Å². The maximum Gasteiger partial charge on any atom is 0.173 e. The number of dihydropyridines is 1. The third-order valence-electron chi connectivity index (χ3n) is 5.85. The van der Waals surface area contributed by atoms with Crippen LogP contribution >= 0.6 is 23.1 Å². The van der Waals surface area contributed by atoms with Crippen molar-refractivity contribution in [3.05, 3.63) is 104 Å². The Morgan fingerprint density at radius 2 is 1.71 bits per heavy atom. The van der Waals surface area contributed by atoms with Gasteiger partial charge in [-0.15, -0.1) is 11.3 Å². The third-order valence-corrected chi connectivity index (χ3v) is 7.95. The summed E-state index contributed by atoms with van der Waals surface area (Å²) in [5.74, 6) is -0.295. The lowest BCUT2D eigenvalue weighted by atomic mass is 9.84.